The van der Waals surface area contributed by atoms with Gasteiger partial charge < -0.3 is 10.2 Å². The average Bonchev–Trinajstić information content (AvgIpc) is 3.12. The van der Waals surface area contributed by atoms with Gasteiger partial charge in [-0.15, -0.1) is 0 Å². The van der Waals surface area contributed by atoms with E-state index in [1.807, 2.05) is 36.1 Å². The maximum atomic E-state index is 12.2. The van der Waals surface area contributed by atoms with Gasteiger partial charge in [-0.1, -0.05) is 43.3 Å². The van der Waals surface area contributed by atoms with E-state index < -0.39 is 0 Å². The number of hydrogen-bond donors (Lipinski definition) is 1. The molecule has 27 heavy (non-hydrogen) atoms. The van der Waals surface area contributed by atoms with Crippen molar-refractivity contribution in [3.05, 3.63) is 71.3 Å². The van der Waals surface area contributed by atoms with Crippen molar-refractivity contribution < 1.29 is 9.59 Å². The largest absolute Gasteiger partial charge is 0.346 e. The fourth-order valence-electron chi connectivity index (χ4n) is 3.25. The smallest absolute Gasteiger partial charge is 0.244 e. The Bertz CT molecular complexity index is 822. The molecule has 1 unspecified atom stereocenters. The molecule has 0 spiro atoms. The Balaban J connectivity index is 1.56. The molecule has 0 bridgehead atoms. The van der Waals surface area contributed by atoms with Crippen LogP contribution >= 0.6 is 0 Å². The summed E-state index contributed by atoms with van der Waals surface area (Å²) < 4.78 is 0. The van der Waals surface area contributed by atoms with Crippen molar-refractivity contribution in [2.24, 2.45) is 0 Å². The van der Waals surface area contributed by atoms with Crippen molar-refractivity contribution in [2.45, 2.75) is 39.2 Å². The first-order valence-corrected chi connectivity index (χ1v) is 9.54. The Kier molecular flexibility index (Phi) is 6.07. The van der Waals surface area contributed by atoms with E-state index in [2.05, 4.69) is 36.5 Å². The molecule has 1 atom stereocenters. The summed E-state index contributed by atoms with van der Waals surface area (Å²) in [5.74, 6) is 0.0551. The molecule has 3 rings (SSSR count). The van der Waals surface area contributed by atoms with Gasteiger partial charge in [0.25, 0.3) is 0 Å². The lowest BCUT2D eigenvalue weighted by atomic mass is 10.0. The van der Waals surface area contributed by atoms with Crippen LogP contribution in [0.25, 0.3) is 6.08 Å². The van der Waals surface area contributed by atoms with E-state index in [1.54, 1.807) is 12.2 Å². The van der Waals surface area contributed by atoms with Gasteiger partial charge in [-0.05, 0) is 54.7 Å². The predicted molar refractivity (Wildman–Crippen MR) is 109 cm³/mol. The summed E-state index contributed by atoms with van der Waals surface area (Å²) in [7, 11) is 0. The van der Waals surface area contributed by atoms with Gasteiger partial charge in [0.05, 0.1) is 6.04 Å². The fourth-order valence-corrected chi connectivity index (χ4v) is 3.25. The van der Waals surface area contributed by atoms with Crippen molar-refractivity contribution in [2.75, 3.05) is 11.4 Å². The monoisotopic (exact) mass is 362 g/mol. The Morgan fingerprint density at radius 1 is 1.15 bits per heavy atom. The normalized spacial score (nSPS) is 15.3. The molecule has 0 radical (unpaired) electrons. The topological polar surface area (TPSA) is 49.4 Å². The number of nitrogens with zero attached hydrogens (tertiary/aromatic N) is 1. The quantitative estimate of drug-likeness (QED) is 0.780. The third-order valence-electron chi connectivity index (χ3n) is 4.95. The number of benzene rings is 2. The predicted octanol–water partition coefficient (Wildman–Crippen LogP) is 4.27. The van der Waals surface area contributed by atoms with E-state index in [0.717, 1.165) is 36.2 Å². The zero-order valence-corrected chi connectivity index (χ0v) is 15.9. The van der Waals surface area contributed by atoms with Crippen LogP contribution in [0.4, 0.5) is 5.69 Å². The van der Waals surface area contributed by atoms with Crippen LogP contribution in [0.3, 0.4) is 0 Å². The average molecular weight is 362 g/mol. The number of carbonyl (C=O) groups is 2. The van der Waals surface area contributed by atoms with E-state index in [0.29, 0.717) is 6.42 Å². The maximum Gasteiger partial charge on any atom is 0.244 e. The van der Waals surface area contributed by atoms with Crippen LogP contribution in [-0.4, -0.2) is 18.4 Å². The van der Waals surface area contributed by atoms with Crippen molar-refractivity contribution >= 4 is 23.6 Å². The first-order valence-electron chi connectivity index (χ1n) is 9.54. The summed E-state index contributed by atoms with van der Waals surface area (Å²) in [4.78, 5) is 25.8. The van der Waals surface area contributed by atoms with Gasteiger partial charge in [-0.2, -0.15) is 0 Å². The second kappa shape index (κ2) is 8.67. The molecule has 1 fully saturated rings. The number of anilines is 1. The van der Waals surface area contributed by atoms with Crippen LogP contribution < -0.4 is 10.2 Å². The van der Waals surface area contributed by atoms with Gasteiger partial charge in [-0.3, -0.25) is 9.59 Å². The Morgan fingerprint density at radius 2 is 1.85 bits per heavy atom. The molecule has 4 nitrogen and oxygen atoms in total. The number of aryl methyl sites for hydroxylation is 1. The number of rotatable bonds is 6. The van der Waals surface area contributed by atoms with E-state index in [1.165, 1.54) is 5.56 Å². The molecule has 1 heterocycles. The van der Waals surface area contributed by atoms with Crippen LogP contribution in [0.2, 0.25) is 0 Å². The van der Waals surface area contributed by atoms with Gasteiger partial charge in [-0.25, -0.2) is 0 Å². The number of nitrogens with one attached hydrogen (secondary N) is 1. The zero-order chi connectivity index (χ0) is 19.2. The lowest BCUT2D eigenvalue weighted by Gasteiger charge is -2.15. The molecule has 4 heteroatoms. The van der Waals surface area contributed by atoms with Crippen molar-refractivity contribution in [1.29, 1.82) is 0 Å². The van der Waals surface area contributed by atoms with Crippen LogP contribution in [0.5, 0.6) is 0 Å². The zero-order valence-electron chi connectivity index (χ0n) is 15.9. The number of amides is 2. The van der Waals surface area contributed by atoms with Gasteiger partial charge in [0.1, 0.15) is 0 Å². The fraction of sp³-hybridized carbons (Fsp3) is 0.304. The minimum Gasteiger partial charge on any atom is -0.346 e. The van der Waals surface area contributed by atoms with Crippen molar-refractivity contribution in [3.63, 3.8) is 0 Å². The molecular formula is C23H26N2O2. The molecule has 1 N–H and O–H groups in total. The molecule has 1 saturated heterocycles. The molecule has 0 aromatic heterocycles. The molecule has 2 amide bonds. The lowest BCUT2D eigenvalue weighted by molar-refractivity contribution is -0.117. The van der Waals surface area contributed by atoms with Gasteiger partial charge >= 0.3 is 0 Å². The molecule has 1 aliphatic rings. The molecule has 0 aliphatic carbocycles. The maximum absolute atomic E-state index is 12.2. The molecule has 2 aromatic carbocycles. The second-order valence-corrected chi connectivity index (χ2v) is 6.90. The van der Waals surface area contributed by atoms with E-state index in [-0.39, 0.29) is 17.9 Å². The minimum atomic E-state index is -0.124. The third-order valence-corrected chi connectivity index (χ3v) is 4.95. The Hall–Kier alpha value is -2.88. The van der Waals surface area contributed by atoms with E-state index in [9.17, 15) is 9.59 Å². The van der Waals surface area contributed by atoms with Crippen LogP contribution in [0.1, 0.15) is 49.4 Å². The standard InChI is InChI=1S/C23H26N2O2/c1-3-18-6-11-20(12-7-18)17(2)24-22(26)15-10-19-8-13-21(14-9-19)25-16-4-5-23(25)27/h6-15,17H,3-5,16H2,1-2H3,(H,24,26)/b15-10+. The molecule has 0 saturated carbocycles. The summed E-state index contributed by atoms with van der Waals surface area (Å²) in [6, 6.07) is 16.0. The van der Waals surface area contributed by atoms with Crippen LogP contribution in [0, 0.1) is 0 Å². The van der Waals surface area contributed by atoms with Crippen LogP contribution in [-0.2, 0) is 16.0 Å². The summed E-state index contributed by atoms with van der Waals surface area (Å²) in [6.07, 6.45) is 5.89. The Labute approximate surface area is 160 Å². The molecule has 140 valence electrons. The van der Waals surface area contributed by atoms with E-state index in [4.69, 9.17) is 0 Å². The highest BCUT2D eigenvalue weighted by Gasteiger charge is 2.21. The first-order chi connectivity index (χ1) is 13.1. The van der Waals surface area contributed by atoms with Crippen molar-refractivity contribution in [1.82, 2.24) is 5.32 Å². The SMILES string of the molecule is CCc1ccc(C(C)NC(=O)/C=C/c2ccc(N3CCCC3=O)cc2)cc1. The van der Waals surface area contributed by atoms with Crippen molar-refractivity contribution in [3.8, 4) is 0 Å². The highest BCUT2D eigenvalue weighted by Crippen LogP contribution is 2.22. The Morgan fingerprint density at radius 3 is 2.44 bits per heavy atom. The summed E-state index contributed by atoms with van der Waals surface area (Å²) in [5, 5.41) is 2.99. The van der Waals surface area contributed by atoms with Gasteiger partial charge in [0.15, 0.2) is 0 Å². The van der Waals surface area contributed by atoms with Gasteiger partial charge in [0.2, 0.25) is 11.8 Å². The molecule has 2 aromatic rings. The number of hydrogen-bond acceptors (Lipinski definition) is 2. The summed E-state index contributed by atoms with van der Waals surface area (Å²) in [5.41, 5.74) is 4.23. The highest BCUT2D eigenvalue weighted by molar-refractivity contribution is 5.95. The lowest BCUT2D eigenvalue weighted by Crippen LogP contribution is -2.24. The van der Waals surface area contributed by atoms with E-state index >= 15 is 0 Å². The number of carbonyl (C=O) groups excluding carboxylic acids is 2. The first kappa shape index (κ1) is 18.9. The second-order valence-electron chi connectivity index (χ2n) is 6.90. The third kappa shape index (κ3) is 4.85. The van der Waals surface area contributed by atoms with Gasteiger partial charge in [0, 0.05) is 24.7 Å². The van der Waals surface area contributed by atoms with Crippen LogP contribution in [0.15, 0.2) is 54.6 Å². The highest BCUT2D eigenvalue weighted by atomic mass is 16.2. The molecular weight excluding hydrogens is 336 g/mol. The minimum absolute atomic E-state index is 0.0448. The summed E-state index contributed by atoms with van der Waals surface area (Å²) >= 11 is 0. The summed E-state index contributed by atoms with van der Waals surface area (Å²) in [6.45, 7) is 4.89. The molecule has 1 aliphatic heterocycles.